The van der Waals surface area contributed by atoms with Crippen molar-refractivity contribution in [2.24, 2.45) is 0 Å². The van der Waals surface area contributed by atoms with Gasteiger partial charge in [0.05, 0.1) is 7.11 Å². The Bertz CT molecular complexity index is 575. The summed E-state index contributed by atoms with van der Waals surface area (Å²) in [5.41, 5.74) is 2.81. The molecular formula is C14H13BrO2S. The van der Waals surface area contributed by atoms with Crippen LogP contribution in [0.4, 0.5) is 0 Å². The van der Waals surface area contributed by atoms with Gasteiger partial charge in [-0.1, -0.05) is 15.9 Å². The number of carbonyl (C=O) groups is 1. The number of hydrogen-bond acceptors (Lipinski definition) is 3. The van der Waals surface area contributed by atoms with Crippen molar-refractivity contribution in [3.8, 4) is 5.75 Å². The number of methoxy groups -OCH3 is 1. The average Bonchev–Trinajstić information content (AvgIpc) is 2.78. The molecule has 94 valence electrons. The van der Waals surface area contributed by atoms with Crippen molar-refractivity contribution in [3.05, 3.63) is 50.1 Å². The maximum absolute atomic E-state index is 12.2. The van der Waals surface area contributed by atoms with E-state index in [0.717, 1.165) is 26.9 Å². The number of benzene rings is 1. The predicted octanol–water partition coefficient (Wildman–Crippen LogP) is 4.25. The molecule has 1 aromatic heterocycles. The molecule has 0 N–H and O–H groups in total. The zero-order valence-electron chi connectivity index (χ0n) is 10.2. The Kier molecular flexibility index (Phi) is 4.19. The van der Waals surface area contributed by atoms with Gasteiger partial charge in [-0.25, -0.2) is 0 Å². The molecule has 1 heterocycles. The summed E-state index contributed by atoms with van der Waals surface area (Å²) < 4.78 is 6.11. The third kappa shape index (κ3) is 2.82. The van der Waals surface area contributed by atoms with Gasteiger partial charge in [0.1, 0.15) is 5.75 Å². The Morgan fingerprint density at radius 2 is 2.17 bits per heavy atom. The molecule has 2 rings (SSSR count). The van der Waals surface area contributed by atoms with E-state index in [1.54, 1.807) is 18.4 Å². The molecule has 0 aliphatic carbocycles. The second-order valence-corrected chi connectivity index (χ2v) is 5.62. The summed E-state index contributed by atoms with van der Waals surface area (Å²) in [5.74, 6) is 0.908. The van der Waals surface area contributed by atoms with Gasteiger partial charge in [0.15, 0.2) is 5.78 Å². The molecule has 0 unspecified atom stereocenters. The van der Waals surface area contributed by atoms with Crippen LogP contribution in [0.25, 0.3) is 0 Å². The number of carbonyl (C=O) groups excluding carboxylic acids is 1. The molecule has 18 heavy (non-hydrogen) atoms. The lowest BCUT2D eigenvalue weighted by Crippen LogP contribution is -2.04. The summed E-state index contributed by atoms with van der Waals surface area (Å²) in [6.45, 7) is 1.96. The van der Waals surface area contributed by atoms with Crippen molar-refractivity contribution in [2.45, 2.75) is 13.3 Å². The van der Waals surface area contributed by atoms with Crippen LogP contribution in [-0.2, 0) is 6.42 Å². The Morgan fingerprint density at radius 1 is 1.39 bits per heavy atom. The highest BCUT2D eigenvalue weighted by atomic mass is 79.9. The van der Waals surface area contributed by atoms with Gasteiger partial charge in [-0.2, -0.15) is 11.3 Å². The maximum Gasteiger partial charge on any atom is 0.168 e. The van der Waals surface area contributed by atoms with Crippen molar-refractivity contribution in [3.63, 3.8) is 0 Å². The summed E-state index contributed by atoms with van der Waals surface area (Å²) in [7, 11) is 1.62. The van der Waals surface area contributed by atoms with E-state index in [2.05, 4.69) is 15.9 Å². The Balaban J connectivity index is 2.24. The summed E-state index contributed by atoms with van der Waals surface area (Å²) >= 11 is 5.02. The topological polar surface area (TPSA) is 26.3 Å². The first-order chi connectivity index (χ1) is 8.61. The van der Waals surface area contributed by atoms with Crippen molar-refractivity contribution in [1.82, 2.24) is 0 Å². The molecule has 0 aliphatic heterocycles. The fraction of sp³-hybridized carbons (Fsp3) is 0.214. The summed E-state index contributed by atoms with van der Waals surface area (Å²) in [6.07, 6.45) is 0.384. The Hall–Kier alpha value is -1.13. The monoisotopic (exact) mass is 324 g/mol. The first-order valence-electron chi connectivity index (χ1n) is 5.50. The minimum absolute atomic E-state index is 0.141. The van der Waals surface area contributed by atoms with Crippen LogP contribution in [0.15, 0.2) is 33.4 Å². The van der Waals surface area contributed by atoms with Gasteiger partial charge < -0.3 is 4.74 Å². The molecule has 0 amide bonds. The SMILES string of the molecule is COc1ccc(Br)c(CC(=O)c2cscc2C)c1. The lowest BCUT2D eigenvalue weighted by Gasteiger charge is -2.06. The van der Waals surface area contributed by atoms with E-state index in [-0.39, 0.29) is 5.78 Å². The van der Waals surface area contributed by atoms with Crippen LogP contribution in [0, 0.1) is 6.92 Å². The lowest BCUT2D eigenvalue weighted by atomic mass is 10.0. The van der Waals surface area contributed by atoms with E-state index in [1.165, 1.54) is 0 Å². The van der Waals surface area contributed by atoms with E-state index in [9.17, 15) is 4.79 Å². The van der Waals surface area contributed by atoms with Gasteiger partial charge in [0, 0.05) is 21.8 Å². The number of ketones is 1. The molecule has 0 spiro atoms. The molecule has 0 atom stereocenters. The van der Waals surface area contributed by atoms with Crippen molar-refractivity contribution in [2.75, 3.05) is 7.11 Å². The van der Waals surface area contributed by atoms with Crippen LogP contribution in [0.2, 0.25) is 0 Å². The Labute approximate surface area is 119 Å². The first kappa shape index (κ1) is 13.3. The molecule has 0 aliphatic rings. The molecule has 0 saturated heterocycles. The van der Waals surface area contributed by atoms with Gasteiger partial charge in [0.25, 0.3) is 0 Å². The fourth-order valence-corrected chi connectivity index (χ4v) is 2.97. The van der Waals surface area contributed by atoms with Crippen LogP contribution < -0.4 is 4.74 Å². The minimum atomic E-state index is 0.141. The van der Waals surface area contributed by atoms with E-state index in [0.29, 0.717) is 6.42 Å². The summed E-state index contributed by atoms with van der Waals surface area (Å²) in [4.78, 5) is 12.2. The minimum Gasteiger partial charge on any atom is -0.497 e. The number of aryl methyl sites for hydroxylation is 1. The number of Topliss-reactive ketones (excluding diaryl/α,β-unsaturated/α-hetero) is 1. The molecule has 2 aromatic rings. The highest BCUT2D eigenvalue weighted by Crippen LogP contribution is 2.25. The molecule has 0 saturated carbocycles. The first-order valence-corrected chi connectivity index (χ1v) is 7.24. The van der Waals surface area contributed by atoms with E-state index in [1.807, 2.05) is 35.9 Å². The number of hydrogen-bond donors (Lipinski definition) is 0. The quantitative estimate of drug-likeness (QED) is 0.786. The number of halogens is 1. The molecule has 1 aromatic carbocycles. The lowest BCUT2D eigenvalue weighted by molar-refractivity contribution is 0.0992. The van der Waals surface area contributed by atoms with Gasteiger partial charge in [-0.15, -0.1) is 0 Å². The van der Waals surface area contributed by atoms with Gasteiger partial charge in [-0.3, -0.25) is 4.79 Å². The largest absolute Gasteiger partial charge is 0.497 e. The standard InChI is InChI=1S/C14H13BrO2S/c1-9-7-18-8-12(9)14(16)6-10-5-11(17-2)3-4-13(10)15/h3-5,7-8H,6H2,1-2H3. The maximum atomic E-state index is 12.2. The molecule has 2 nitrogen and oxygen atoms in total. The molecule has 0 bridgehead atoms. The predicted molar refractivity (Wildman–Crippen MR) is 77.8 cm³/mol. The highest BCUT2D eigenvalue weighted by molar-refractivity contribution is 9.10. The van der Waals surface area contributed by atoms with Gasteiger partial charge >= 0.3 is 0 Å². The summed E-state index contributed by atoms with van der Waals surface area (Å²) in [5, 5.41) is 3.90. The van der Waals surface area contributed by atoms with Gasteiger partial charge in [0.2, 0.25) is 0 Å². The normalized spacial score (nSPS) is 10.4. The van der Waals surface area contributed by atoms with Crippen LogP contribution in [0.1, 0.15) is 21.5 Å². The van der Waals surface area contributed by atoms with Crippen LogP contribution in [0.5, 0.6) is 5.75 Å². The summed E-state index contributed by atoms with van der Waals surface area (Å²) in [6, 6.07) is 5.67. The fourth-order valence-electron chi connectivity index (χ4n) is 1.73. The van der Waals surface area contributed by atoms with E-state index < -0.39 is 0 Å². The van der Waals surface area contributed by atoms with Crippen molar-refractivity contribution in [1.29, 1.82) is 0 Å². The molecule has 4 heteroatoms. The second-order valence-electron chi connectivity index (χ2n) is 4.03. The average molecular weight is 325 g/mol. The Morgan fingerprint density at radius 3 is 2.78 bits per heavy atom. The third-order valence-electron chi connectivity index (χ3n) is 2.76. The number of ether oxygens (including phenoxy) is 1. The van der Waals surface area contributed by atoms with Crippen LogP contribution >= 0.6 is 27.3 Å². The van der Waals surface area contributed by atoms with Crippen LogP contribution in [0.3, 0.4) is 0 Å². The zero-order chi connectivity index (χ0) is 13.1. The number of thiophene rings is 1. The molecule has 0 fully saturated rings. The van der Waals surface area contributed by atoms with Crippen molar-refractivity contribution >= 4 is 33.0 Å². The second kappa shape index (κ2) is 5.67. The van der Waals surface area contributed by atoms with Crippen LogP contribution in [-0.4, -0.2) is 12.9 Å². The van der Waals surface area contributed by atoms with Gasteiger partial charge in [-0.05, 0) is 41.6 Å². The zero-order valence-corrected chi connectivity index (χ0v) is 12.6. The number of rotatable bonds is 4. The third-order valence-corrected chi connectivity index (χ3v) is 4.39. The van der Waals surface area contributed by atoms with Crippen molar-refractivity contribution < 1.29 is 9.53 Å². The smallest absolute Gasteiger partial charge is 0.168 e. The van der Waals surface area contributed by atoms with E-state index >= 15 is 0 Å². The highest BCUT2D eigenvalue weighted by Gasteiger charge is 2.13. The molecular weight excluding hydrogens is 312 g/mol. The molecule has 0 radical (unpaired) electrons. The van der Waals surface area contributed by atoms with E-state index in [4.69, 9.17) is 4.74 Å².